The number of hydrogen-bond donors (Lipinski definition) is 2. The number of aryl methyl sites for hydroxylation is 1. The standard InChI is InChI=1S/C31H34BrN7O/c1-21-14-16-39(17-15-21)31-36-29(34-27-11-7-8-22(2)23(27)3)35-30(37-31)38-33-19-25-18-26(32)12-13-28(25)40-20-24-9-5-4-6-10-24/h4-13,18-19,21H,14-17,20H2,1-3H3,(H2,34,35,36,37,38). The van der Waals surface area contributed by atoms with Gasteiger partial charge in [0.05, 0.1) is 6.21 Å². The minimum atomic E-state index is 0.370. The van der Waals surface area contributed by atoms with E-state index in [0.717, 1.165) is 58.5 Å². The molecular weight excluding hydrogens is 566 g/mol. The molecule has 1 saturated heterocycles. The molecule has 206 valence electrons. The normalized spacial score (nSPS) is 13.9. The van der Waals surface area contributed by atoms with Gasteiger partial charge in [0.15, 0.2) is 0 Å². The molecule has 0 spiro atoms. The third-order valence-electron chi connectivity index (χ3n) is 7.12. The van der Waals surface area contributed by atoms with Crippen LogP contribution in [0.15, 0.2) is 76.3 Å². The molecule has 3 aromatic carbocycles. The lowest BCUT2D eigenvalue weighted by Gasteiger charge is -2.30. The van der Waals surface area contributed by atoms with Crippen LogP contribution in [0.4, 0.5) is 23.5 Å². The van der Waals surface area contributed by atoms with Crippen LogP contribution in [-0.2, 0) is 6.61 Å². The van der Waals surface area contributed by atoms with Crippen molar-refractivity contribution in [2.75, 3.05) is 28.7 Å². The molecule has 2 heterocycles. The third-order valence-corrected chi connectivity index (χ3v) is 7.61. The number of piperidine rings is 1. The maximum atomic E-state index is 6.10. The fourth-order valence-corrected chi connectivity index (χ4v) is 4.85. The summed E-state index contributed by atoms with van der Waals surface area (Å²) >= 11 is 3.55. The number of nitrogens with one attached hydrogen (secondary N) is 2. The Labute approximate surface area is 244 Å². The number of hydrogen-bond acceptors (Lipinski definition) is 8. The van der Waals surface area contributed by atoms with Crippen LogP contribution in [0.25, 0.3) is 0 Å². The van der Waals surface area contributed by atoms with E-state index in [1.54, 1.807) is 6.21 Å². The minimum absolute atomic E-state index is 0.370. The number of nitrogens with zero attached hydrogens (tertiary/aromatic N) is 5. The van der Waals surface area contributed by atoms with Crippen LogP contribution in [-0.4, -0.2) is 34.3 Å². The molecule has 0 aliphatic carbocycles. The van der Waals surface area contributed by atoms with E-state index < -0.39 is 0 Å². The molecule has 0 unspecified atom stereocenters. The molecule has 1 fully saturated rings. The van der Waals surface area contributed by atoms with Gasteiger partial charge in [-0.3, -0.25) is 0 Å². The summed E-state index contributed by atoms with van der Waals surface area (Å²) in [5, 5.41) is 7.86. The van der Waals surface area contributed by atoms with Crippen LogP contribution >= 0.6 is 15.9 Å². The van der Waals surface area contributed by atoms with Gasteiger partial charge in [0, 0.05) is 28.8 Å². The van der Waals surface area contributed by atoms with Crippen molar-refractivity contribution in [1.82, 2.24) is 15.0 Å². The van der Waals surface area contributed by atoms with Crippen LogP contribution in [0.3, 0.4) is 0 Å². The fraction of sp³-hybridized carbons (Fsp3) is 0.290. The lowest BCUT2D eigenvalue weighted by Crippen LogP contribution is -2.34. The Kier molecular flexibility index (Phi) is 8.91. The van der Waals surface area contributed by atoms with E-state index in [-0.39, 0.29) is 0 Å². The lowest BCUT2D eigenvalue weighted by atomic mass is 10.00. The van der Waals surface area contributed by atoms with Crippen molar-refractivity contribution < 1.29 is 4.74 Å². The Hall–Kier alpha value is -3.98. The molecule has 2 N–H and O–H groups in total. The molecule has 8 nitrogen and oxygen atoms in total. The highest BCUT2D eigenvalue weighted by atomic mass is 79.9. The largest absolute Gasteiger partial charge is 0.488 e. The highest BCUT2D eigenvalue weighted by molar-refractivity contribution is 9.10. The maximum absolute atomic E-state index is 6.10. The number of aromatic nitrogens is 3. The zero-order valence-corrected chi connectivity index (χ0v) is 24.6. The van der Waals surface area contributed by atoms with Crippen molar-refractivity contribution in [3.05, 3.63) is 93.5 Å². The summed E-state index contributed by atoms with van der Waals surface area (Å²) in [6, 6.07) is 22.1. The van der Waals surface area contributed by atoms with Crippen molar-refractivity contribution in [1.29, 1.82) is 0 Å². The van der Waals surface area contributed by atoms with Crippen LogP contribution < -0.4 is 20.4 Å². The van der Waals surface area contributed by atoms with Crippen LogP contribution in [0.5, 0.6) is 5.75 Å². The summed E-state index contributed by atoms with van der Waals surface area (Å²) in [4.78, 5) is 16.3. The second-order valence-corrected chi connectivity index (χ2v) is 11.1. The summed E-state index contributed by atoms with van der Waals surface area (Å²) in [7, 11) is 0. The fourth-order valence-electron chi connectivity index (χ4n) is 4.47. The molecule has 40 heavy (non-hydrogen) atoms. The van der Waals surface area contributed by atoms with Gasteiger partial charge >= 0.3 is 0 Å². The molecule has 1 aliphatic rings. The van der Waals surface area contributed by atoms with Gasteiger partial charge in [-0.1, -0.05) is 65.3 Å². The van der Waals surface area contributed by atoms with Crippen molar-refractivity contribution in [2.24, 2.45) is 11.0 Å². The lowest BCUT2D eigenvalue weighted by molar-refractivity contribution is 0.306. The number of hydrazone groups is 1. The van der Waals surface area contributed by atoms with E-state index in [4.69, 9.17) is 14.7 Å². The molecule has 1 aromatic heterocycles. The Morgan fingerprint density at radius 2 is 1.75 bits per heavy atom. The van der Waals surface area contributed by atoms with Gasteiger partial charge in [0.25, 0.3) is 0 Å². The van der Waals surface area contributed by atoms with Gasteiger partial charge in [-0.15, -0.1) is 0 Å². The van der Waals surface area contributed by atoms with Crippen LogP contribution in [0.1, 0.15) is 42.0 Å². The zero-order chi connectivity index (χ0) is 27.9. The summed E-state index contributed by atoms with van der Waals surface area (Å²) in [6.45, 7) is 8.77. The van der Waals surface area contributed by atoms with E-state index in [1.807, 2.05) is 60.7 Å². The van der Waals surface area contributed by atoms with Gasteiger partial charge in [-0.05, 0) is 73.6 Å². The highest BCUT2D eigenvalue weighted by Gasteiger charge is 2.20. The summed E-state index contributed by atoms with van der Waals surface area (Å²) < 4.78 is 7.03. The predicted octanol–water partition coefficient (Wildman–Crippen LogP) is 7.26. The predicted molar refractivity (Wildman–Crippen MR) is 166 cm³/mol. The zero-order valence-electron chi connectivity index (χ0n) is 23.1. The molecule has 0 saturated carbocycles. The Balaban J connectivity index is 1.37. The number of benzene rings is 3. The molecule has 1 aliphatic heterocycles. The first-order valence-electron chi connectivity index (χ1n) is 13.5. The summed E-state index contributed by atoms with van der Waals surface area (Å²) in [5.41, 5.74) is 8.27. The molecular formula is C31H34BrN7O. The van der Waals surface area contributed by atoms with Crippen molar-refractivity contribution in [2.45, 2.75) is 40.2 Å². The number of ether oxygens (including phenoxy) is 1. The average molecular weight is 601 g/mol. The molecule has 5 rings (SSSR count). The molecule has 4 aromatic rings. The van der Waals surface area contributed by atoms with Crippen molar-refractivity contribution >= 4 is 45.7 Å². The third kappa shape index (κ3) is 7.15. The first-order chi connectivity index (χ1) is 19.4. The Morgan fingerprint density at radius 3 is 2.55 bits per heavy atom. The summed E-state index contributed by atoms with van der Waals surface area (Å²) in [6.07, 6.45) is 3.94. The van der Waals surface area contributed by atoms with Crippen molar-refractivity contribution in [3.8, 4) is 5.75 Å². The maximum Gasteiger partial charge on any atom is 0.250 e. The number of rotatable bonds is 9. The topological polar surface area (TPSA) is 87.6 Å². The molecule has 0 amide bonds. The minimum Gasteiger partial charge on any atom is -0.488 e. The van der Waals surface area contributed by atoms with E-state index in [1.165, 1.54) is 5.56 Å². The van der Waals surface area contributed by atoms with Gasteiger partial charge in [-0.2, -0.15) is 20.1 Å². The molecule has 0 bridgehead atoms. The average Bonchev–Trinajstić information content (AvgIpc) is 2.96. The quantitative estimate of drug-likeness (QED) is 0.155. The number of halogens is 1. The van der Waals surface area contributed by atoms with E-state index in [0.29, 0.717) is 30.4 Å². The van der Waals surface area contributed by atoms with Crippen molar-refractivity contribution in [3.63, 3.8) is 0 Å². The molecule has 0 atom stereocenters. The summed E-state index contributed by atoms with van der Waals surface area (Å²) in [5.74, 6) is 2.92. The van der Waals surface area contributed by atoms with Gasteiger partial charge in [0.2, 0.25) is 17.8 Å². The Bertz CT molecular complexity index is 1470. The molecule has 9 heteroatoms. The van der Waals surface area contributed by atoms with Crippen LogP contribution in [0.2, 0.25) is 0 Å². The molecule has 0 radical (unpaired) electrons. The highest BCUT2D eigenvalue weighted by Crippen LogP contribution is 2.26. The first-order valence-corrected chi connectivity index (χ1v) is 14.3. The van der Waals surface area contributed by atoms with Crippen LogP contribution in [0, 0.1) is 19.8 Å². The van der Waals surface area contributed by atoms with Gasteiger partial charge < -0.3 is 15.0 Å². The van der Waals surface area contributed by atoms with Gasteiger partial charge in [-0.25, -0.2) is 5.43 Å². The SMILES string of the molecule is Cc1cccc(Nc2nc(NN=Cc3cc(Br)ccc3OCc3ccccc3)nc(N3CCC(C)CC3)n2)c1C. The number of anilines is 4. The second kappa shape index (κ2) is 12.9. The smallest absolute Gasteiger partial charge is 0.250 e. The monoisotopic (exact) mass is 599 g/mol. The second-order valence-electron chi connectivity index (χ2n) is 10.2. The van der Waals surface area contributed by atoms with E-state index >= 15 is 0 Å². The Morgan fingerprint density at radius 1 is 0.975 bits per heavy atom. The first kappa shape index (κ1) is 27.6. The van der Waals surface area contributed by atoms with Gasteiger partial charge in [0.1, 0.15) is 12.4 Å². The van der Waals surface area contributed by atoms with E-state index in [9.17, 15) is 0 Å². The van der Waals surface area contributed by atoms with E-state index in [2.05, 4.69) is 68.5 Å².